The van der Waals surface area contributed by atoms with Crippen LogP contribution in [0.15, 0.2) is 78.9 Å². The highest BCUT2D eigenvalue weighted by molar-refractivity contribution is 5.88. The van der Waals surface area contributed by atoms with Gasteiger partial charge in [-0.2, -0.15) is 5.26 Å². The Labute approximate surface area is 136 Å². The van der Waals surface area contributed by atoms with Crippen LogP contribution in [0.1, 0.15) is 24.0 Å². The third-order valence-corrected chi connectivity index (χ3v) is 3.38. The van der Waals surface area contributed by atoms with Gasteiger partial charge in [-0.25, -0.2) is 4.79 Å². The van der Waals surface area contributed by atoms with E-state index in [0.29, 0.717) is 16.9 Å². The first-order chi connectivity index (χ1) is 11.0. The second-order valence-corrected chi connectivity index (χ2v) is 5.22. The Morgan fingerprint density at radius 2 is 1.74 bits per heavy atom. The van der Waals surface area contributed by atoms with Crippen LogP contribution in [-0.4, -0.2) is 5.97 Å². The van der Waals surface area contributed by atoms with Crippen molar-refractivity contribution in [2.75, 3.05) is 0 Å². The van der Waals surface area contributed by atoms with Crippen molar-refractivity contribution in [2.45, 2.75) is 12.8 Å². The highest BCUT2D eigenvalue weighted by Gasteiger charge is 2.18. The molecule has 0 aromatic heterocycles. The van der Waals surface area contributed by atoms with Crippen molar-refractivity contribution < 1.29 is 9.53 Å². The minimum Gasteiger partial charge on any atom is -0.423 e. The molecule has 114 valence electrons. The standard InChI is InChI=1S/C20H17NO2/c1-14(2)20(22)23-18-11-7-10-17(12-18)19(15(3)13-21)16-8-5-4-6-9-16/h4-12,19H,1,3H2,2H3. The summed E-state index contributed by atoms with van der Waals surface area (Å²) >= 11 is 0. The predicted molar refractivity (Wildman–Crippen MR) is 89.9 cm³/mol. The van der Waals surface area contributed by atoms with Gasteiger partial charge in [0.15, 0.2) is 0 Å². The Morgan fingerprint density at radius 3 is 2.35 bits per heavy atom. The first-order valence-electron chi connectivity index (χ1n) is 7.14. The number of hydrogen-bond donors (Lipinski definition) is 0. The van der Waals surface area contributed by atoms with Gasteiger partial charge in [0.1, 0.15) is 5.75 Å². The molecule has 0 fully saturated rings. The lowest BCUT2D eigenvalue weighted by Crippen LogP contribution is -2.09. The van der Waals surface area contributed by atoms with Gasteiger partial charge in [0.05, 0.1) is 6.07 Å². The van der Waals surface area contributed by atoms with Crippen molar-refractivity contribution in [3.05, 3.63) is 90.0 Å². The van der Waals surface area contributed by atoms with E-state index in [9.17, 15) is 10.1 Å². The Kier molecular flexibility index (Phi) is 5.11. The van der Waals surface area contributed by atoms with Crippen molar-refractivity contribution in [1.29, 1.82) is 5.26 Å². The summed E-state index contributed by atoms with van der Waals surface area (Å²) in [7, 11) is 0. The highest BCUT2D eigenvalue weighted by atomic mass is 16.5. The molecule has 2 rings (SSSR count). The molecule has 0 spiro atoms. The zero-order chi connectivity index (χ0) is 16.8. The molecule has 0 aliphatic rings. The van der Waals surface area contributed by atoms with Gasteiger partial charge in [0.2, 0.25) is 0 Å². The molecule has 3 heteroatoms. The molecule has 0 saturated heterocycles. The Balaban J connectivity index is 2.41. The third kappa shape index (κ3) is 3.96. The number of benzene rings is 2. The van der Waals surface area contributed by atoms with Crippen molar-refractivity contribution in [3.63, 3.8) is 0 Å². The Bertz CT molecular complexity index is 785. The summed E-state index contributed by atoms with van der Waals surface area (Å²) in [5.41, 5.74) is 2.56. The lowest BCUT2D eigenvalue weighted by Gasteiger charge is -2.17. The summed E-state index contributed by atoms with van der Waals surface area (Å²) < 4.78 is 5.26. The molecule has 3 nitrogen and oxygen atoms in total. The van der Waals surface area contributed by atoms with E-state index in [2.05, 4.69) is 19.2 Å². The number of esters is 1. The lowest BCUT2D eigenvalue weighted by atomic mass is 9.86. The number of allylic oxidation sites excluding steroid dienone is 1. The fourth-order valence-electron chi connectivity index (χ4n) is 2.26. The van der Waals surface area contributed by atoms with Gasteiger partial charge in [-0.3, -0.25) is 0 Å². The van der Waals surface area contributed by atoms with E-state index in [1.807, 2.05) is 36.4 Å². The lowest BCUT2D eigenvalue weighted by molar-refractivity contribution is -0.130. The normalized spacial score (nSPS) is 11.1. The number of nitriles is 1. The van der Waals surface area contributed by atoms with Crippen LogP contribution in [0, 0.1) is 11.3 Å². The van der Waals surface area contributed by atoms with Crippen molar-refractivity contribution in [2.24, 2.45) is 0 Å². The van der Waals surface area contributed by atoms with Crippen molar-refractivity contribution in [1.82, 2.24) is 0 Å². The molecule has 0 saturated carbocycles. The Morgan fingerprint density at radius 1 is 1.09 bits per heavy atom. The molecule has 1 atom stereocenters. The molecular formula is C20H17NO2. The summed E-state index contributed by atoms with van der Waals surface area (Å²) in [6.07, 6.45) is 0. The summed E-state index contributed by atoms with van der Waals surface area (Å²) in [6, 6.07) is 18.9. The van der Waals surface area contributed by atoms with E-state index in [1.54, 1.807) is 25.1 Å². The van der Waals surface area contributed by atoms with E-state index < -0.39 is 5.97 Å². The smallest absolute Gasteiger partial charge is 0.338 e. The average Bonchev–Trinajstić information content (AvgIpc) is 2.56. The van der Waals surface area contributed by atoms with E-state index in [1.165, 1.54) is 0 Å². The molecule has 0 amide bonds. The number of nitrogens with zero attached hydrogens (tertiary/aromatic N) is 1. The average molecular weight is 303 g/mol. The summed E-state index contributed by atoms with van der Waals surface area (Å²) in [4.78, 5) is 11.7. The summed E-state index contributed by atoms with van der Waals surface area (Å²) in [6.45, 7) is 9.02. The fourth-order valence-corrected chi connectivity index (χ4v) is 2.26. The number of rotatable bonds is 5. The highest BCUT2D eigenvalue weighted by Crippen LogP contribution is 2.32. The maximum Gasteiger partial charge on any atom is 0.338 e. The van der Waals surface area contributed by atoms with Crippen molar-refractivity contribution in [3.8, 4) is 11.8 Å². The summed E-state index contributed by atoms with van der Waals surface area (Å²) in [5, 5.41) is 9.27. The van der Waals surface area contributed by atoms with E-state index in [4.69, 9.17) is 4.74 Å². The maximum atomic E-state index is 11.7. The molecule has 2 aromatic carbocycles. The maximum absolute atomic E-state index is 11.7. The van der Waals surface area contributed by atoms with Gasteiger partial charge in [0, 0.05) is 17.1 Å². The second kappa shape index (κ2) is 7.24. The van der Waals surface area contributed by atoms with Gasteiger partial charge < -0.3 is 4.74 Å². The van der Waals surface area contributed by atoms with Crippen LogP contribution in [0.5, 0.6) is 5.75 Å². The van der Waals surface area contributed by atoms with Crippen LogP contribution < -0.4 is 4.74 Å². The molecule has 0 bridgehead atoms. The first kappa shape index (κ1) is 16.3. The van der Waals surface area contributed by atoms with Crippen LogP contribution in [-0.2, 0) is 4.79 Å². The van der Waals surface area contributed by atoms with Crippen LogP contribution >= 0.6 is 0 Å². The number of hydrogen-bond acceptors (Lipinski definition) is 3. The van der Waals surface area contributed by atoms with Gasteiger partial charge in [0.25, 0.3) is 0 Å². The SMILES string of the molecule is C=C(C)C(=O)Oc1cccc(C(C(=C)C#N)c2ccccc2)c1. The van der Waals surface area contributed by atoms with Crippen LogP contribution in [0.25, 0.3) is 0 Å². The Hall–Kier alpha value is -3.12. The predicted octanol–water partition coefficient (Wildman–Crippen LogP) is 4.38. The van der Waals surface area contributed by atoms with Gasteiger partial charge in [-0.15, -0.1) is 0 Å². The molecule has 2 aromatic rings. The fraction of sp³-hybridized carbons (Fsp3) is 0.100. The molecule has 0 radical (unpaired) electrons. The van der Waals surface area contributed by atoms with Crippen LogP contribution in [0.2, 0.25) is 0 Å². The minimum atomic E-state index is -0.475. The number of ether oxygens (including phenoxy) is 1. The van der Waals surface area contributed by atoms with Crippen LogP contribution in [0.3, 0.4) is 0 Å². The minimum absolute atomic E-state index is 0.273. The number of carbonyl (C=O) groups excluding carboxylic acids is 1. The molecular weight excluding hydrogens is 286 g/mol. The zero-order valence-corrected chi connectivity index (χ0v) is 13.0. The quantitative estimate of drug-likeness (QED) is 0.356. The zero-order valence-electron chi connectivity index (χ0n) is 13.0. The molecule has 0 heterocycles. The van der Waals surface area contributed by atoms with Crippen molar-refractivity contribution >= 4 is 5.97 Å². The molecule has 0 aliphatic carbocycles. The van der Waals surface area contributed by atoms with Gasteiger partial charge in [-0.1, -0.05) is 55.6 Å². The number of carbonyl (C=O) groups is 1. The molecule has 0 aliphatic heterocycles. The monoisotopic (exact) mass is 303 g/mol. The molecule has 0 N–H and O–H groups in total. The van der Waals surface area contributed by atoms with Gasteiger partial charge in [-0.05, 0) is 30.2 Å². The van der Waals surface area contributed by atoms with E-state index in [0.717, 1.165) is 11.1 Å². The van der Waals surface area contributed by atoms with E-state index in [-0.39, 0.29) is 5.92 Å². The third-order valence-electron chi connectivity index (χ3n) is 3.38. The topological polar surface area (TPSA) is 50.1 Å². The first-order valence-corrected chi connectivity index (χ1v) is 7.14. The summed E-state index contributed by atoms with van der Waals surface area (Å²) in [5.74, 6) is -0.329. The molecule has 1 unspecified atom stereocenters. The van der Waals surface area contributed by atoms with Crippen LogP contribution in [0.4, 0.5) is 0 Å². The second-order valence-electron chi connectivity index (χ2n) is 5.22. The van der Waals surface area contributed by atoms with Gasteiger partial charge >= 0.3 is 5.97 Å². The molecule has 23 heavy (non-hydrogen) atoms. The van der Waals surface area contributed by atoms with E-state index >= 15 is 0 Å². The largest absolute Gasteiger partial charge is 0.423 e.